The van der Waals surface area contributed by atoms with Gasteiger partial charge in [-0.15, -0.1) is 0 Å². The SMILES string of the molecule is COC(=O)C(C#N)=CC(C)(C)Br. The summed E-state index contributed by atoms with van der Waals surface area (Å²) >= 11 is 3.28. The van der Waals surface area contributed by atoms with E-state index in [0.717, 1.165) is 0 Å². The number of hydrogen-bond acceptors (Lipinski definition) is 3. The zero-order chi connectivity index (χ0) is 9.78. The van der Waals surface area contributed by atoms with Gasteiger partial charge in [-0.1, -0.05) is 15.9 Å². The van der Waals surface area contributed by atoms with Crippen LogP contribution in [0.5, 0.6) is 0 Å². The predicted molar refractivity (Wildman–Crippen MR) is 48.7 cm³/mol. The maximum Gasteiger partial charge on any atom is 0.348 e. The van der Waals surface area contributed by atoms with Crippen molar-refractivity contribution in [2.75, 3.05) is 7.11 Å². The van der Waals surface area contributed by atoms with Gasteiger partial charge in [0.05, 0.1) is 7.11 Å². The fourth-order valence-electron chi connectivity index (χ4n) is 0.590. The molecule has 0 aliphatic rings. The van der Waals surface area contributed by atoms with E-state index >= 15 is 0 Å². The van der Waals surface area contributed by atoms with Crippen molar-refractivity contribution in [2.24, 2.45) is 0 Å². The Labute approximate surface area is 80.1 Å². The van der Waals surface area contributed by atoms with Crippen LogP contribution in [0.25, 0.3) is 0 Å². The molecule has 0 atom stereocenters. The number of hydrogen-bond donors (Lipinski definition) is 0. The summed E-state index contributed by atoms with van der Waals surface area (Å²) in [4.78, 5) is 10.9. The number of ether oxygens (including phenoxy) is 1. The number of alkyl halides is 1. The molecule has 0 saturated carbocycles. The third kappa shape index (κ3) is 4.14. The monoisotopic (exact) mass is 231 g/mol. The summed E-state index contributed by atoms with van der Waals surface area (Å²) in [6.45, 7) is 3.65. The van der Waals surface area contributed by atoms with Crippen LogP contribution >= 0.6 is 15.9 Å². The highest BCUT2D eigenvalue weighted by Crippen LogP contribution is 2.19. The lowest BCUT2D eigenvalue weighted by molar-refractivity contribution is -0.135. The smallest absolute Gasteiger partial charge is 0.348 e. The summed E-state index contributed by atoms with van der Waals surface area (Å²) in [7, 11) is 1.24. The van der Waals surface area contributed by atoms with Crippen molar-refractivity contribution in [3.63, 3.8) is 0 Å². The Morgan fingerprint density at radius 3 is 2.42 bits per heavy atom. The summed E-state index contributed by atoms with van der Waals surface area (Å²) in [5, 5.41) is 8.55. The zero-order valence-electron chi connectivity index (χ0n) is 7.22. The van der Waals surface area contributed by atoms with E-state index in [2.05, 4.69) is 20.7 Å². The predicted octanol–water partition coefficient (Wildman–Crippen LogP) is 1.78. The van der Waals surface area contributed by atoms with Crippen LogP contribution < -0.4 is 0 Å². The quantitative estimate of drug-likeness (QED) is 0.315. The third-order valence-electron chi connectivity index (χ3n) is 1.01. The molecule has 0 aliphatic heterocycles. The highest BCUT2D eigenvalue weighted by molar-refractivity contribution is 9.10. The maximum absolute atomic E-state index is 10.9. The number of halogens is 1. The van der Waals surface area contributed by atoms with Gasteiger partial charge in [0.15, 0.2) is 0 Å². The Kier molecular flexibility index (Phi) is 3.98. The van der Waals surface area contributed by atoms with Gasteiger partial charge in [-0.05, 0) is 19.9 Å². The molecule has 0 amide bonds. The summed E-state index contributed by atoms with van der Waals surface area (Å²) < 4.78 is 4.03. The number of nitriles is 1. The molecular formula is C8H10BrNO2. The van der Waals surface area contributed by atoms with Crippen LogP contribution in [-0.2, 0) is 9.53 Å². The maximum atomic E-state index is 10.9. The Morgan fingerprint density at radius 1 is 1.67 bits per heavy atom. The number of allylic oxidation sites excluding steroid dienone is 1. The highest BCUT2D eigenvalue weighted by atomic mass is 79.9. The lowest BCUT2D eigenvalue weighted by atomic mass is 10.1. The van der Waals surface area contributed by atoms with Crippen LogP contribution in [0.3, 0.4) is 0 Å². The van der Waals surface area contributed by atoms with Gasteiger partial charge in [-0.25, -0.2) is 4.79 Å². The van der Waals surface area contributed by atoms with Crippen molar-refractivity contribution in [3.8, 4) is 6.07 Å². The third-order valence-corrected chi connectivity index (χ3v) is 1.24. The standard InChI is InChI=1S/C8H10BrNO2/c1-8(2,9)4-6(5-10)7(11)12-3/h4H,1-3H3. The minimum atomic E-state index is -0.606. The minimum absolute atomic E-state index is 0.0133. The summed E-state index contributed by atoms with van der Waals surface area (Å²) in [5.41, 5.74) is 0.0133. The molecule has 0 spiro atoms. The molecule has 12 heavy (non-hydrogen) atoms. The Bertz CT molecular complexity index is 245. The number of carbonyl (C=O) groups is 1. The van der Waals surface area contributed by atoms with E-state index in [-0.39, 0.29) is 9.90 Å². The summed E-state index contributed by atoms with van der Waals surface area (Å²) in [5.74, 6) is -0.606. The van der Waals surface area contributed by atoms with Gasteiger partial charge >= 0.3 is 5.97 Å². The molecule has 0 heterocycles. The fourth-order valence-corrected chi connectivity index (χ4v) is 0.819. The summed E-state index contributed by atoms with van der Waals surface area (Å²) in [6.07, 6.45) is 1.51. The van der Waals surface area contributed by atoms with E-state index in [1.165, 1.54) is 13.2 Å². The van der Waals surface area contributed by atoms with Gasteiger partial charge in [0, 0.05) is 4.32 Å². The second-order valence-corrected chi connectivity index (χ2v) is 4.77. The van der Waals surface area contributed by atoms with E-state index in [1.54, 1.807) is 6.07 Å². The van der Waals surface area contributed by atoms with Gasteiger partial charge in [0.1, 0.15) is 11.6 Å². The topological polar surface area (TPSA) is 50.1 Å². The zero-order valence-corrected chi connectivity index (χ0v) is 8.81. The van der Waals surface area contributed by atoms with Gasteiger partial charge in [-0.3, -0.25) is 0 Å². The molecular weight excluding hydrogens is 222 g/mol. The van der Waals surface area contributed by atoms with E-state index in [0.29, 0.717) is 0 Å². The van der Waals surface area contributed by atoms with Gasteiger partial charge in [0.2, 0.25) is 0 Å². The van der Waals surface area contributed by atoms with Crippen molar-refractivity contribution in [3.05, 3.63) is 11.6 Å². The first kappa shape index (κ1) is 11.2. The van der Waals surface area contributed by atoms with Gasteiger partial charge < -0.3 is 4.74 Å². The average Bonchev–Trinajstić information content (AvgIpc) is 1.97. The number of nitrogens with zero attached hydrogens (tertiary/aromatic N) is 1. The average molecular weight is 232 g/mol. The first-order chi connectivity index (χ1) is 5.40. The second kappa shape index (κ2) is 4.27. The van der Waals surface area contributed by atoms with Crippen LogP contribution in [0, 0.1) is 11.3 Å². The number of rotatable bonds is 2. The number of esters is 1. The largest absolute Gasteiger partial charge is 0.465 e. The van der Waals surface area contributed by atoms with Crippen LogP contribution in [0.1, 0.15) is 13.8 Å². The van der Waals surface area contributed by atoms with E-state index in [9.17, 15) is 4.79 Å². The molecule has 4 heteroatoms. The van der Waals surface area contributed by atoms with E-state index in [4.69, 9.17) is 5.26 Å². The first-order valence-electron chi connectivity index (χ1n) is 3.31. The molecule has 0 fully saturated rings. The van der Waals surface area contributed by atoms with Gasteiger partial charge in [0.25, 0.3) is 0 Å². The normalized spacial score (nSPS) is 12.1. The Balaban J connectivity index is 4.71. The van der Waals surface area contributed by atoms with E-state index < -0.39 is 5.97 Å². The van der Waals surface area contributed by atoms with Crippen molar-refractivity contribution in [1.82, 2.24) is 0 Å². The Hall–Kier alpha value is -0.820. The van der Waals surface area contributed by atoms with Gasteiger partial charge in [-0.2, -0.15) is 5.26 Å². The van der Waals surface area contributed by atoms with Crippen LogP contribution in [0.2, 0.25) is 0 Å². The first-order valence-corrected chi connectivity index (χ1v) is 4.10. The molecule has 0 bridgehead atoms. The molecule has 3 nitrogen and oxygen atoms in total. The van der Waals surface area contributed by atoms with Crippen LogP contribution in [0.4, 0.5) is 0 Å². The lowest BCUT2D eigenvalue weighted by Crippen LogP contribution is -2.10. The highest BCUT2D eigenvalue weighted by Gasteiger charge is 2.15. The molecule has 0 radical (unpaired) electrons. The molecule has 0 unspecified atom stereocenters. The van der Waals surface area contributed by atoms with E-state index in [1.807, 2.05) is 13.8 Å². The van der Waals surface area contributed by atoms with Crippen LogP contribution in [-0.4, -0.2) is 17.4 Å². The molecule has 0 N–H and O–H groups in total. The molecule has 0 aliphatic carbocycles. The number of methoxy groups -OCH3 is 1. The van der Waals surface area contributed by atoms with Crippen molar-refractivity contribution in [1.29, 1.82) is 5.26 Å². The summed E-state index contributed by atoms with van der Waals surface area (Å²) in [6, 6.07) is 1.77. The van der Waals surface area contributed by atoms with Crippen molar-refractivity contribution >= 4 is 21.9 Å². The molecule has 0 saturated heterocycles. The molecule has 66 valence electrons. The van der Waals surface area contributed by atoms with Crippen LogP contribution in [0.15, 0.2) is 11.6 Å². The number of carbonyl (C=O) groups excluding carboxylic acids is 1. The van der Waals surface area contributed by atoms with Crippen molar-refractivity contribution in [2.45, 2.75) is 18.2 Å². The van der Waals surface area contributed by atoms with Crippen molar-refractivity contribution < 1.29 is 9.53 Å². The fraction of sp³-hybridized carbons (Fsp3) is 0.500. The molecule has 0 aromatic carbocycles. The minimum Gasteiger partial charge on any atom is -0.465 e. The molecule has 0 rings (SSSR count). The molecule has 0 aromatic rings. The molecule has 0 aromatic heterocycles. The lowest BCUT2D eigenvalue weighted by Gasteiger charge is -2.09. The second-order valence-electron chi connectivity index (χ2n) is 2.73. The Morgan fingerprint density at radius 2 is 2.17 bits per heavy atom.